The molecule has 1 heterocycles. The highest BCUT2D eigenvalue weighted by Crippen LogP contribution is 2.34. The number of nitrogens with zero attached hydrogens (tertiary/aromatic N) is 1. The Bertz CT molecular complexity index is 827. The van der Waals surface area contributed by atoms with Crippen LogP contribution in [0, 0.1) is 11.8 Å². The predicted molar refractivity (Wildman–Crippen MR) is 99.7 cm³/mol. The van der Waals surface area contributed by atoms with Gasteiger partial charge in [0.1, 0.15) is 12.3 Å². The number of methoxy groups -OCH3 is 1. The number of halogens is 1. The average molecular weight is 407 g/mol. The van der Waals surface area contributed by atoms with Crippen molar-refractivity contribution in [2.75, 3.05) is 25.6 Å². The van der Waals surface area contributed by atoms with Crippen LogP contribution in [0.25, 0.3) is 0 Å². The van der Waals surface area contributed by atoms with E-state index in [1.165, 1.54) is 13.2 Å². The third kappa shape index (κ3) is 4.17. The molecule has 148 valence electrons. The maximum absolute atomic E-state index is 12.3. The van der Waals surface area contributed by atoms with Crippen LogP contribution in [0.5, 0.6) is 5.75 Å². The van der Waals surface area contributed by atoms with E-state index in [1.807, 2.05) is 12.2 Å². The highest BCUT2D eigenvalue weighted by Gasteiger charge is 2.47. The van der Waals surface area contributed by atoms with E-state index >= 15 is 0 Å². The van der Waals surface area contributed by atoms with Crippen molar-refractivity contribution in [2.45, 2.75) is 12.8 Å². The van der Waals surface area contributed by atoms with E-state index in [9.17, 15) is 19.2 Å². The molecule has 1 saturated heterocycles. The highest BCUT2D eigenvalue weighted by atomic mass is 35.5. The van der Waals surface area contributed by atoms with Crippen LogP contribution in [-0.4, -0.2) is 48.9 Å². The number of benzene rings is 1. The zero-order chi connectivity index (χ0) is 20.3. The van der Waals surface area contributed by atoms with Gasteiger partial charge >= 0.3 is 5.97 Å². The molecule has 1 fully saturated rings. The second kappa shape index (κ2) is 8.43. The second-order valence-electron chi connectivity index (χ2n) is 6.48. The summed E-state index contributed by atoms with van der Waals surface area (Å²) in [7, 11) is 1.47. The first-order valence-corrected chi connectivity index (χ1v) is 9.07. The van der Waals surface area contributed by atoms with Crippen LogP contribution >= 0.6 is 11.6 Å². The standard InChI is InChI=1S/C19H19ClN2O6/c1-27-15-7-6-11(8-14(15)20)21-16(23)10-28-17(24)9-22-18(25)12-4-2-3-5-13(12)19(22)26/h2-3,6-8,12-13H,4-5,9-10H2,1H3,(H,21,23)/t12-,13-/m1/s1. The molecule has 1 aromatic rings. The van der Waals surface area contributed by atoms with Gasteiger partial charge in [0.05, 0.1) is 24.0 Å². The van der Waals surface area contributed by atoms with Gasteiger partial charge in [-0.05, 0) is 31.0 Å². The summed E-state index contributed by atoms with van der Waals surface area (Å²) >= 11 is 5.98. The predicted octanol–water partition coefficient (Wildman–Crippen LogP) is 1.78. The molecule has 0 radical (unpaired) electrons. The molecule has 1 aromatic carbocycles. The number of ether oxygens (including phenoxy) is 2. The molecule has 0 saturated carbocycles. The fourth-order valence-electron chi connectivity index (χ4n) is 3.29. The molecule has 1 aliphatic carbocycles. The van der Waals surface area contributed by atoms with Crippen LogP contribution in [-0.2, 0) is 23.9 Å². The first kappa shape index (κ1) is 19.9. The average Bonchev–Trinajstić information content (AvgIpc) is 2.92. The van der Waals surface area contributed by atoms with Crippen LogP contribution in [0.2, 0.25) is 5.02 Å². The molecule has 0 bridgehead atoms. The number of carbonyl (C=O) groups is 4. The van der Waals surface area contributed by atoms with Gasteiger partial charge in [-0.3, -0.25) is 24.1 Å². The summed E-state index contributed by atoms with van der Waals surface area (Å²) in [4.78, 5) is 49.5. The Kier molecular flexibility index (Phi) is 5.99. The Hall–Kier alpha value is -2.87. The van der Waals surface area contributed by atoms with Gasteiger partial charge in [-0.2, -0.15) is 0 Å². The lowest BCUT2D eigenvalue weighted by Gasteiger charge is -2.14. The quantitative estimate of drug-likeness (QED) is 0.439. The molecule has 28 heavy (non-hydrogen) atoms. The number of carbonyl (C=O) groups excluding carboxylic acids is 4. The van der Waals surface area contributed by atoms with Gasteiger partial charge in [0.15, 0.2) is 6.61 Å². The number of nitrogens with one attached hydrogen (secondary N) is 1. The highest BCUT2D eigenvalue weighted by molar-refractivity contribution is 6.32. The minimum Gasteiger partial charge on any atom is -0.495 e. The molecule has 2 aliphatic rings. The molecule has 9 heteroatoms. The molecule has 2 atom stereocenters. The number of anilines is 1. The van der Waals surface area contributed by atoms with Crippen molar-refractivity contribution in [2.24, 2.45) is 11.8 Å². The van der Waals surface area contributed by atoms with E-state index in [0.29, 0.717) is 29.3 Å². The summed E-state index contributed by atoms with van der Waals surface area (Å²) in [5.74, 6) is -2.49. The van der Waals surface area contributed by atoms with Crippen molar-refractivity contribution in [3.63, 3.8) is 0 Å². The Morgan fingerprint density at radius 3 is 2.39 bits per heavy atom. The summed E-state index contributed by atoms with van der Waals surface area (Å²) in [5, 5.41) is 2.85. The zero-order valence-electron chi connectivity index (χ0n) is 15.1. The van der Waals surface area contributed by atoms with Gasteiger partial charge in [-0.1, -0.05) is 23.8 Å². The smallest absolute Gasteiger partial charge is 0.326 e. The molecule has 1 N–H and O–H groups in total. The van der Waals surface area contributed by atoms with Crippen LogP contribution in [0.1, 0.15) is 12.8 Å². The lowest BCUT2D eigenvalue weighted by molar-refractivity contribution is -0.154. The topological polar surface area (TPSA) is 102 Å². The molecule has 0 spiro atoms. The monoisotopic (exact) mass is 406 g/mol. The molecule has 3 rings (SSSR count). The number of hydrogen-bond acceptors (Lipinski definition) is 6. The van der Waals surface area contributed by atoms with Crippen LogP contribution in [0.4, 0.5) is 5.69 Å². The van der Waals surface area contributed by atoms with Gasteiger partial charge in [0, 0.05) is 5.69 Å². The van der Waals surface area contributed by atoms with E-state index < -0.39 is 36.9 Å². The maximum atomic E-state index is 12.3. The van der Waals surface area contributed by atoms with E-state index in [4.69, 9.17) is 21.1 Å². The van der Waals surface area contributed by atoms with Gasteiger partial charge in [0.25, 0.3) is 5.91 Å². The van der Waals surface area contributed by atoms with Crippen molar-refractivity contribution >= 4 is 41.0 Å². The summed E-state index contributed by atoms with van der Waals surface area (Å²) in [5.41, 5.74) is 0.410. The van der Waals surface area contributed by atoms with E-state index in [-0.39, 0.29) is 11.8 Å². The number of hydrogen-bond donors (Lipinski definition) is 1. The molecular formula is C19H19ClN2O6. The minimum absolute atomic E-state index is 0.319. The Balaban J connectivity index is 1.49. The lowest BCUT2D eigenvalue weighted by atomic mass is 9.85. The third-order valence-electron chi connectivity index (χ3n) is 4.69. The molecular weight excluding hydrogens is 388 g/mol. The fraction of sp³-hybridized carbons (Fsp3) is 0.368. The van der Waals surface area contributed by atoms with Crippen LogP contribution < -0.4 is 10.1 Å². The lowest BCUT2D eigenvalue weighted by Crippen LogP contribution is -2.37. The van der Waals surface area contributed by atoms with Gasteiger partial charge < -0.3 is 14.8 Å². The summed E-state index contributed by atoms with van der Waals surface area (Å²) < 4.78 is 9.91. The number of amides is 3. The van der Waals surface area contributed by atoms with Gasteiger partial charge in [-0.15, -0.1) is 0 Å². The van der Waals surface area contributed by atoms with Crippen LogP contribution in [0.15, 0.2) is 30.4 Å². The zero-order valence-corrected chi connectivity index (χ0v) is 15.9. The SMILES string of the molecule is COc1ccc(NC(=O)COC(=O)CN2C(=O)[C@@H]3CC=CC[C@H]3C2=O)cc1Cl. The van der Waals surface area contributed by atoms with Gasteiger partial charge in [-0.25, -0.2) is 0 Å². The minimum atomic E-state index is -0.823. The van der Waals surface area contributed by atoms with Crippen molar-refractivity contribution in [3.8, 4) is 5.75 Å². The maximum Gasteiger partial charge on any atom is 0.326 e. The Morgan fingerprint density at radius 2 is 1.82 bits per heavy atom. The number of imide groups is 1. The molecule has 3 amide bonds. The first-order valence-electron chi connectivity index (χ1n) is 8.70. The summed E-state index contributed by atoms with van der Waals surface area (Å²) in [6, 6.07) is 4.67. The third-order valence-corrected chi connectivity index (χ3v) is 4.98. The molecule has 8 nitrogen and oxygen atoms in total. The summed E-state index contributed by atoms with van der Waals surface area (Å²) in [6.45, 7) is -1.04. The van der Waals surface area contributed by atoms with E-state index in [2.05, 4.69) is 5.32 Å². The van der Waals surface area contributed by atoms with E-state index in [0.717, 1.165) is 4.90 Å². The van der Waals surface area contributed by atoms with Crippen molar-refractivity contribution < 1.29 is 28.7 Å². The fourth-order valence-corrected chi connectivity index (χ4v) is 3.54. The first-order chi connectivity index (χ1) is 13.4. The van der Waals surface area contributed by atoms with Crippen molar-refractivity contribution in [3.05, 3.63) is 35.4 Å². The summed E-state index contributed by atoms with van der Waals surface area (Å²) in [6.07, 6.45) is 4.72. The number of esters is 1. The van der Waals surface area contributed by atoms with E-state index in [1.54, 1.807) is 12.1 Å². The number of fused-ring (bicyclic) bond motifs is 1. The Labute approximate surface area is 166 Å². The van der Waals surface area contributed by atoms with Crippen molar-refractivity contribution in [1.82, 2.24) is 4.90 Å². The largest absolute Gasteiger partial charge is 0.495 e. The normalized spacial score (nSPS) is 20.7. The van der Waals surface area contributed by atoms with Gasteiger partial charge in [0.2, 0.25) is 11.8 Å². The number of rotatable bonds is 6. The Morgan fingerprint density at radius 1 is 1.18 bits per heavy atom. The molecule has 0 unspecified atom stereocenters. The number of likely N-dealkylation sites (tertiary alicyclic amines) is 1. The van der Waals surface area contributed by atoms with Crippen LogP contribution in [0.3, 0.4) is 0 Å². The molecule has 1 aliphatic heterocycles. The second-order valence-corrected chi connectivity index (χ2v) is 6.88. The van der Waals surface area contributed by atoms with Crippen molar-refractivity contribution in [1.29, 1.82) is 0 Å². The number of allylic oxidation sites excluding steroid dienone is 2. The molecule has 0 aromatic heterocycles.